The van der Waals surface area contributed by atoms with Crippen LogP contribution < -0.4 is 10.1 Å². The molecule has 0 aliphatic carbocycles. The number of carbonyl (C=O) groups is 1. The van der Waals surface area contributed by atoms with E-state index in [1.54, 1.807) is 0 Å². The fourth-order valence-electron chi connectivity index (χ4n) is 3.46. The van der Waals surface area contributed by atoms with E-state index in [-0.39, 0.29) is 11.7 Å². The zero-order chi connectivity index (χ0) is 21.0. The van der Waals surface area contributed by atoms with Crippen LogP contribution in [0.4, 0.5) is 13.2 Å². The Bertz CT molecular complexity index is 838. The number of hydrogen-bond acceptors (Lipinski definition) is 3. The van der Waals surface area contributed by atoms with Crippen molar-refractivity contribution in [1.29, 1.82) is 0 Å². The molecule has 0 bridgehead atoms. The second kappa shape index (κ2) is 8.99. The second-order valence-electron chi connectivity index (χ2n) is 7.86. The van der Waals surface area contributed by atoms with E-state index >= 15 is 0 Å². The normalized spacial score (nSPS) is 17.4. The van der Waals surface area contributed by atoms with Crippen molar-refractivity contribution >= 4 is 5.97 Å². The molecule has 0 radical (unpaired) electrons. The fourth-order valence-corrected chi connectivity index (χ4v) is 3.46. The molecule has 3 rings (SSSR count). The molecule has 6 heteroatoms. The van der Waals surface area contributed by atoms with E-state index in [4.69, 9.17) is 4.74 Å². The summed E-state index contributed by atoms with van der Waals surface area (Å²) in [5.74, 6) is -0.427. The maximum atomic E-state index is 13.2. The van der Waals surface area contributed by atoms with Gasteiger partial charge >= 0.3 is 12.1 Å². The third kappa shape index (κ3) is 5.60. The van der Waals surface area contributed by atoms with Crippen molar-refractivity contribution in [2.75, 3.05) is 13.1 Å². The molecule has 29 heavy (non-hydrogen) atoms. The Morgan fingerprint density at radius 3 is 2.48 bits per heavy atom. The van der Waals surface area contributed by atoms with E-state index in [1.165, 1.54) is 11.6 Å². The number of benzene rings is 2. The van der Waals surface area contributed by atoms with Crippen molar-refractivity contribution in [3.63, 3.8) is 0 Å². The number of ether oxygens (including phenoxy) is 1. The molecular formula is C23H26F3NO2. The molecule has 0 saturated carbocycles. The average Bonchev–Trinajstić information content (AvgIpc) is 2.69. The molecule has 1 unspecified atom stereocenters. The fraction of sp³-hybridized carbons (Fsp3) is 0.435. The summed E-state index contributed by atoms with van der Waals surface area (Å²) in [6.07, 6.45) is -2.58. The highest BCUT2D eigenvalue weighted by molar-refractivity contribution is 5.76. The van der Waals surface area contributed by atoms with Crippen molar-refractivity contribution in [3.05, 3.63) is 64.7 Å². The van der Waals surface area contributed by atoms with Gasteiger partial charge < -0.3 is 10.1 Å². The van der Waals surface area contributed by atoms with Gasteiger partial charge in [-0.05, 0) is 54.1 Å². The van der Waals surface area contributed by atoms with Gasteiger partial charge in [-0.25, -0.2) is 0 Å². The van der Waals surface area contributed by atoms with Gasteiger partial charge in [0.15, 0.2) is 0 Å². The topological polar surface area (TPSA) is 38.3 Å². The van der Waals surface area contributed by atoms with Crippen LogP contribution in [0.5, 0.6) is 5.75 Å². The van der Waals surface area contributed by atoms with Crippen molar-refractivity contribution in [2.24, 2.45) is 5.92 Å². The molecule has 0 spiro atoms. The van der Waals surface area contributed by atoms with Crippen molar-refractivity contribution in [1.82, 2.24) is 5.32 Å². The van der Waals surface area contributed by atoms with Crippen molar-refractivity contribution in [2.45, 2.75) is 45.2 Å². The van der Waals surface area contributed by atoms with E-state index in [9.17, 15) is 18.0 Å². The number of nitrogens with one attached hydrogen (secondary N) is 1. The summed E-state index contributed by atoms with van der Waals surface area (Å²) in [5, 5.41) is 3.13. The van der Waals surface area contributed by atoms with Gasteiger partial charge in [-0.1, -0.05) is 44.2 Å². The maximum absolute atomic E-state index is 13.2. The highest BCUT2D eigenvalue weighted by Crippen LogP contribution is 2.34. The highest BCUT2D eigenvalue weighted by atomic mass is 19.4. The second-order valence-corrected chi connectivity index (χ2v) is 7.86. The molecule has 0 amide bonds. The largest absolute Gasteiger partial charge is 0.426 e. The van der Waals surface area contributed by atoms with Crippen LogP contribution in [0.1, 0.15) is 54.9 Å². The maximum Gasteiger partial charge on any atom is 0.416 e. The van der Waals surface area contributed by atoms with Gasteiger partial charge in [0.2, 0.25) is 0 Å². The van der Waals surface area contributed by atoms with E-state index in [0.717, 1.165) is 30.7 Å². The first-order chi connectivity index (χ1) is 13.7. The number of esters is 1. The number of halogens is 3. The molecule has 1 fully saturated rings. The number of carbonyl (C=O) groups excluding carboxylic acids is 1. The zero-order valence-corrected chi connectivity index (χ0v) is 16.7. The molecule has 0 aromatic heterocycles. The highest BCUT2D eigenvalue weighted by Gasteiger charge is 2.32. The molecule has 1 heterocycles. The SMILES string of the molecule is CC(C)c1ccc(Cc2ccc(C(F)(F)F)cc2OC(=O)C2CCCNC2)cc1. The summed E-state index contributed by atoms with van der Waals surface area (Å²) in [6, 6.07) is 11.3. The predicted molar refractivity (Wildman–Crippen MR) is 106 cm³/mol. The van der Waals surface area contributed by atoms with Crippen LogP contribution in [0.25, 0.3) is 0 Å². The summed E-state index contributed by atoms with van der Waals surface area (Å²) in [4.78, 5) is 12.5. The standard InChI is InChI=1S/C23H26F3NO2/c1-15(2)17-7-5-16(6-8-17)12-18-9-10-20(23(24,25)26)13-21(18)29-22(28)19-4-3-11-27-14-19/h5-10,13,15,19,27H,3-4,11-12,14H2,1-2H3. The Hall–Kier alpha value is -2.34. The van der Waals surface area contributed by atoms with Crippen LogP contribution in [-0.4, -0.2) is 19.1 Å². The summed E-state index contributed by atoms with van der Waals surface area (Å²) in [5.41, 5.74) is 1.89. The average molecular weight is 405 g/mol. The summed E-state index contributed by atoms with van der Waals surface area (Å²) >= 11 is 0. The first-order valence-electron chi connectivity index (χ1n) is 9.95. The van der Waals surface area contributed by atoms with Crippen LogP contribution in [-0.2, 0) is 17.4 Å². The quantitative estimate of drug-likeness (QED) is 0.540. The van der Waals surface area contributed by atoms with Crippen LogP contribution >= 0.6 is 0 Å². The Labute approximate surface area is 169 Å². The van der Waals surface area contributed by atoms with Gasteiger partial charge in [0.05, 0.1) is 11.5 Å². The van der Waals surface area contributed by atoms with Gasteiger partial charge in [0, 0.05) is 13.0 Å². The Morgan fingerprint density at radius 1 is 1.17 bits per heavy atom. The Morgan fingerprint density at radius 2 is 1.90 bits per heavy atom. The molecule has 1 aliphatic rings. The first-order valence-corrected chi connectivity index (χ1v) is 9.95. The molecule has 156 valence electrons. The minimum Gasteiger partial charge on any atom is -0.426 e. The van der Waals surface area contributed by atoms with Crippen molar-refractivity contribution in [3.8, 4) is 5.75 Å². The van der Waals surface area contributed by atoms with Crippen molar-refractivity contribution < 1.29 is 22.7 Å². The Balaban J connectivity index is 1.85. The lowest BCUT2D eigenvalue weighted by Gasteiger charge is -2.22. The van der Waals surface area contributed by atoms with Gasteiger partial charge in [-0.3, -0.25) is 4.79 Å². The van der Waals surface area contributed by atoms with E-state index in [0.29, 0.717) is 30.9 Å². The van der Waals surface area contributed by atoms with Gasteiger partial charge in [-0.2, -0.15) is 13.2 Å². The molecule has 1 atom stereocenters. The monoisotopic (exact) mass is 405 g/mol. The molecular weight excluding hydrogens is 379 g/mol. The molecule has 1 aliphatic heterocycles. The number of alkyl halides is 3. The lowest BCUT2D eigenvalue weighted by atomic mass is 9.97. The number of hydrogen-bond donors (Lipinski definition) is 1. The number of rotatable bonds is 5. The molecule has 1 N–H and O–H groups in total. The van der Waals surface area contributed by atoms with Crippen LogP contribution in [0.3, 0.4) is 0 Å². The van der Waals surface area contributed by atoms with Gasteiger partial charge in [0.1, 0.15) is 5.75 Å². The van der Waals surface area contributed by atoms with E-state index in [1.807, 2.05) is 24.3 Å². The number of piperidine rings is 1. The van der Waals surface area contributed by atoms with Gasteiger partial charge in [-0.15, -0.1) is 0 Å². The molecule has 2 aromatic rings. The summed E-state index contributed by atoms with van der Waals surface area (Å²) in [6.45, 7) is 5.53. The Kier molecular flexibility index (Phi) is 6.63. The molecule has 2 aromatic carbocycles. The molecule has 3 nitrogen and oxygen atoms in total. The lowest BCUT2D eigenvalue weighted by Crippen LogP contribution is -2.36. The molecule has 1 saturated heterocycles. The predicted octanol–water partition coefficient (Wildman–Crippen LogP) is 5.32. The van der Waals surface area contributed by atoms with Crippen LogP contribution in [0.2, 0.25) is 0 Å². The minimum atomic E-state index is -4.50. The first kappa shape index (κ1) is 21.4. The van der Waals surface area contributed by atoms with Crippen LogP contribution in [0.15, 0.2) is 42.5 Å². The summed E-state index contributed by atoms with van der Waals surface area (Å²) < 4.78 is 45.0. The third-order valence-corrected chi connectivity index (χ3v) is 5.28. The minimum absolute atomic E-state index is 0.0108. The zero-order valence-electron chi connectivity index (χ0n) is 16.7. The lowest BCUT2D eigenvalue weighted by molar-refractivity contribution is -0.141. The van der Waals surface area contributed by atoms with E-state index in [2.05, 4.69) is 19.2 Å². The third-order valence-electron chi connectivity index (χ3n) is 5.28. The smallest absolute Gasteiger partial charge is 0.416 e. The van der Waals surface area contributed by atoms with Gasteiger partial charge in [0.25, 0.3) is 0 Å². The summed E-state index contributed by atoms with van der Waals surface area (Å²) in [7, 11) is 0. The van der Waals surface area contributed by atoms with Crippen LogP contribution in [0, 0.1) is 5.92 Å². The van der Waals surface area contributed by atoms with E-state index < -0.39 is 17.7 Å².